The van der Waals surface area contributed by atoms with Crippen molar-refractivity contribution < 1.29 is 5.02 Å². The molecule has 2 atom stereocenters. The van der Waals surface area contributed by atoms with E-state index in [4.69, 9.17) is 5.53 Å². The maximum absolute atomic E-state index is 9.30. The monoisotopic (exact) mass is 168 g/mol. The molecule has 1 heterocycles. The molecule has 1 saturated heterocycles. The van der Waals surface area contributed by atoms with Gasteiger partial charge >= 0.3 is 7.05 Å². The Labute approximate surface area is 72.1 Å². The summed E-state index contributed by atoms with van der Waals surface area (Å²) in [4.78, 5) is 4.69. The van der Waals surface area contributed by atoms with E-state index in [0.29, 0.717) is 12.6 Å². The summed E-state index contributed by atoms with van der Waals surface area (Å²) in [6.07, 6.45) is 0.842. The van der Waals surface area contributed by atoms with Crippen molar-refractivity contribution in [3.8, 4) is 0 Å². The second kappa shape index (κ2) is 3.80. The SMILES string of the molecule is CB(O)N1C[C@H](N=[N+]=[N-])C[C@@H]1C. The highest BCUT2D eigenvalue weighted by molar-refractivity contribution is 6.45. The molecular formula is C6H13BN4O. The second-order valence-electron chi connectivity index (χ2n) is 3.27. The number of hydrogen-bond acceptors (Lipinski definition) is 3. The van der Waals surface area contributed by atoms with Crippen LogP contribution in [-0.2, 0) is 0 Å². The van der Waals surface area contributed by atoms with Gasteiger partial charge in [0, 0.05) is 4.91 Å². The van der Waals surface area contributed by atoms with E-state index in [1.54, 1.807) is 6.82 Å². The van der Waals surface area contributed by atoms with E-state index >= 15 is 0 Å². The van der Waals surface area contributed by atoms with Crippen LogP contribution in [0.1, 0.15) is 13.3 Å². The average molecular weight is 168 g/mol. The van der Waals surface area contributed by atoms with Crippen molar-refractivity contribution in [1.82, 2.24) is 4.81 Å². The van der Waals surface area contributed by atoms with Gasteiger partial charge in [-0.15, -0.1) is 0 Å². The molecule has 0 aromatic heterocycles. The van der Waals surface area contributed by atoms with Gasteiger partial charge in [0.1, 0.15) is 0 Å². The topological polar surface area (TPSA) is 72.2 Å². The lowest BCUT2D eigenvalue weighted by Gasteiger charge is -2.20. The highest BCUT2D eigenvalue weighted by atomic mass is 16.2. The number of rotatable bonds is 2. The van der Waals surface area contributed by atoms with Gasteiger partial charge in [-0.1, -0.05) is 12.0 Å². The first-order valence-electron chi connectivity index (χ1n) is 4.13. The predicted molar refractivity (Wildman–Crippen MR) is 47.6 cm³/mol. The molecule has 5 nitrogen and oxygen atoms in total. The van der Waals surface area contributed by atoms with Gasteiger partial charge in [0.25, 0.3) is 0 Å². The Morgan fingerprint density at radius 3 is 2.83 bits per heavy atom. The molecule has 1 fully saturated rings. The highest BCUT2D eigenvalue weighted by Crippen LogP contribution is 2.20. The van der Waals surface area contributed by atoms with Gasteiger partial charge in [-0.2, -0.15) is 0 Å². The smallest absolute Gasteiger partial charge is 0.376 e. The molecule has 1 aliphatic heterocycles. The zero-order chi connectivity index (χ0) is 9.14. The van der Waals surface area contributed by atoms with Crippen LogP contribution >= 0.6 is 0 Å². The van der Waals surface area contributed by atoms with Crippen LogP contribution in [0.25, 0.3) is 10.4 Å². The maximum atomic E-state index is 9.30. The molecule has 1 N–H and O–H groups in total. The van der Waals surface area contributed by atoms with Crippen molar-refractivity contribution in [1.29, 1.82) is 0 Å². The van der Waals surface area contributed by atoms with Crippen molar-refractivity contribution in [2.24, 2.45) is 5.11 Å². The third kappa shape index (κ3) is 1.91. The van der Waals surface area contributed by atoms with Crippen LogP contribution < -0.4 is 0 Å². The van der Waals surface area contributed by atoms with Crippen molar-refractivity contribution in [3.63, 3.8) is 0 Å². The van der Waals surface area contributed by atoms with Crippen LogP contribution in [0.2, 0.25) is 6.82 Å². The van der Waals surface area contributed by atoms with Crippen molar-refractivity contribution in [2.45, 2.75) is 32.3 Å². The molecule has 0 unspecified atom stereocenters. The van der Waals surface area contributed by atoms with Crippen LogP contribution in [-0.4, -0.2) is 35.5 Å². The Hall–Kier alpha value is -0.705. The molecule has 1 aliphatic rings. The lowest BCUT2D eigenvalue weighted by Crippen LogP contribution is -2.39. The first-order valence-corrected chi connectivity index (χ1v) is 4.13. The van der Waals surface area contributed by atoms with Crippen LogP contribution in [0.5, 0.6) is 0 Å². The normalized spacial score (nSPS) is 29.9. The molecule has 66 valence electrons. The first kappa shape index (κ1) is 9.38. The Bertz CT molecular complexity index is 204. The minimum Gasteiger partial charge on any atom is -0.437 e. The van der Waals surface area contributed by atoms with Gasteiger partial charge in [-0.05, 0) is 31.4 Å². The van der Waals surface area contributed by atoms with E-state index < -0.39 is 7.05 Å². The van der Waals surface area contributed by atoms with Gasteiger partial charge < -0.3 is 9.83 Å². The van der Waals surface area contributed by atoms with Crippen LogP contribution in [0.4, 0.5) is 0 Å². The van der Waals surface area contributed by atoms with Crippen molar-refractivity contribution in [3.05, 3.63) is 10.4 Å². The zero-order valence-corrected chi connectivity index (χ0v) is 7.38. The molecular weight excluding hydrogens is 155 g/mol. The molecule has 0 radical (unpaired) electrons. The molecule has 0 amide bonds. The lowest BCUT2D eigenvalue weighted by molar-refractivity contribution is 0.361. The van der Waals surface area contributed by atoms with E-state index in [-0.39, 0.29) is 6.04 Å². The number of azide groups is 1. The minimum atomic E-state index is -0.445. The summed E-state index contributed by atoms with van der Waals surface area (Å²) >= 11 is 0. The van der Waals surface area contributed by atoms with Crippen molar-refractivity contribution in [2.75, 3.05) is 6.54 Å². The fourth-order valence-corrected chi connectivity index (χ4v) is 1.70. The van der Waals surface area contributed by atoms with E-state index in [0.717, 1.165) is 6.42 Å². The molecule has 0 saturated carbocycles. The van der Waals surface area contributed by atoms with Crippen LogP contribution in [0.15, 0.2) is 5.11 Å². The van der Waals surface area contributed by atoms with Gasteiger partial charge in [0.15, 0.2) is 0 Å². The number of hydrogen-bond donors (Lipinski definition) is 1. The first-order chi connectivity index (χ1) is 5.65. The van der Waals surface area contributed by atoms with Crippen molar-refractivity contribution >= 4 is 7.05 Å². The molecule has 1 rings (SSSR count). The molecule has 0 bridgehead atoms. The van der Waals surface area contributed by atoms with E-state index in [1.165, 1.54) is 0 Å². The summed E-state index contributed by atoms with van der Waals surface area (Å²) in [6.45, 7) is 4.43. The standard InChI is InChI=1S/C6H13BN4O/c1-5-3-6(9-10-8)4-11(5)7(2)12/h5-6,12H,3-4H2,1-2H3/t5-,6+/m0/s1. The number of nitrogens with zero attached hydrogens (tertiary/aromatic N) is 4. The van der Waals surface area contributed by atoms with E-state index in [2.05, 4.69) is 10.0 Å². The molecule has 6 heteroatoms. The fraction of sp³-hybridized carbons (Fsp3) is 1.00. The molecule has 12 heavy (non-hydrogen) atoms. The van der Waals surface area contributed by atoms with Gasteiger partial charge in [0.2, 0.25) is 0 Å². The highest BCUT2D eigenvalue weighted by Gasteiger charge is 2.32. The third-order valence-electron chi connectivity index (χ3n) is 2.30. The summed E-state index contributed by atoms with van der Waals surface area (Å²) in [7, 11) is -0.445. The van der Waals surface area contributed by atoms with Crippen LogP contribution in [0, 0.1) is 0 Å². The molecule has 0 spiro atoms. The van der Waals surface area contributed by atoms with E-state index in [1.807, 2.05) is 11.7 Å². The Morgan fingerprint density at radius 1 is 1.75 bits per heavy atom. The van der Waals surface area contributed by atoms with Gasteiger partial charge in [-0.3, -0.25) is 0 Å². The summed E-state index contributed by atoms with van der Waals surface area (Å²) < 4.78 is 0. The molecule has 0 aromatic rings. The summed E-state index contributed by atoms with van der Waals surface area (Å²) in [5.41, 5.74) is 8.22. The Balaban J connectivity index is 2.55. The zero-order valence-electron chi connectivity index (χ0n) is 7.38. The molecule has 0 aromatic carbocycles. The summed E-state index contributed by atoms with van der Waals surface area (Å²) in [5.74, 6) is 0. The quantitative estimate of drug-likeness (QED) is 0.287. The maximum Gasteiger partial charge on any atom is 0.376 e. The van der Waals surface area contributed by atoms with Gasteiger partial charge in [-0.25, -0.2) is 0 Å². The van der Waals surface area contributed by atoms with Crippen LogP contribution in [0.3, 0.4) is 0 Å². The summed E-state index contributed by atoms with van der Waals surface area (Å²) in [6, 6.07) is 0.333. The largest absolute Gasteiger partial charge is 0.437 e. The van der Waals surface area contributed by atoms with E-state index in [9.17, 15) is 5.02 Å². The average Bonchev–Trinajstić information content (AvgIpc) is 2.32. The Kier molecular flexibility index (Phi) is 2.97. The van der Waals surface area contributed by atoms with Gasteiger partial charge in [0.05, 0.1) is 6.04 Å². The Morgan fingerprint density at radius 2 is 2.42 bits per heavy atom. The summed E-state index contributed by atoms with van der Waals surface area (Å²) in [5, 5.41) is 12.9. The predicted octanol–water partition coefficient (Wildman–Crippen LogP) is 0.870. The third-order valence-corrected chi connectivity index (χ3v) is 2.30. The minimum absolute atomic E-state index is 0.0274. The fourth-order valence-electron chi connectivity index (χ4n) is 1.70. The molecule has 0 aliphatic carbocycles. The second-order valence-corrected chi connectivity index (χ2v) is 3.27. The lowest BCUT2D eigenvalue weighted by atomic mass is 9.84.